The molecule has 7 heteroatoms. The molecule has 1 aliphatic rings. The summed E-state index contributed by atoms with van der Waals surface area (Å²) in [4.78, 5) is 0. The van der Waals surface area contributed by atoms with Crippen molar-refractivity contribution in [1.29, 1.82) is 0 Å². The molecule has 2 N–H and O–H groups in total. The average Bonchev–Trinajstić information content (AvgIpc) is 2.43. The third-order valence-electron chi connectivity index (χ3n) is 3.36. The van der Waals surface area contributed by atoms with Gasteiger partial charge in [-0.1, -0.05) is 15.9 Å². The first kappa shape index (κ1) is 16.7. The number of aliphatic hydroxyl groups excluding tert-OH is 1. The Balaban J connectivity index is 1.70. The van der Waals surface area contributed by atoms with Crippen molar-refractivity contribution < 1.29 is 18.3 Å². The van der Waals surface area contributed by atoms with Crippen molar-refractivity contribution in [3.63, 3.8) is 0 Å². The summed E-state index contributed by atoms with van der Waals surface area (Å²) in [6, 6.07) is 7.31. The molecule has 5 nitrogen and oxygen atoms in total. The standard InChI is InChI=1S/C14H20BrNO4S/c15-11-3-5-14(6-4-11)20-9-13(17)8-16-12-2-1-7-21(18,19)10-12/h3-6,12-13,16-17H,1-2,7-10H2. The SMILES string of the molecule is O=S1(=O)CCCC(NCC(O)COc2ccc(Br)cc2)C1. The second kappa shape index (κ2) is 7.58. The molecular formula is C14H20BrNO4S. The van der Waals surface area contributed by atoms with Gasteiger partial charge in [-0.3, -0.25) is 0 Å². The Hall–Kier alpha value is -0.630. The predicted molar refractivity (Wildman–Crippen MR) is 85.3 cm³/mol. The second-order valence-electron chi connectivity index (χ2n) is 5.28. The van der Waals surface area contributed by atoms with Gasteiger partial charge < -0.3 is 15.2 Å². The van der Waals surface area contributed by atoms with Crippen LogP contribution in [0, 0.1) is 0 Å². The highest BCUT2D eigenvalue weighted by Crippen LogP contribution is 2.16. The van der Waals surface area contributed by atoms with Gasteiger partial charge in [0.2, 0.25) is 0 Å². The van der Waals surface area contributed by atoms with Crippen LogP contribution in [0.25, 0.3) is 0 Å². The molecule has 0 aliphatic carbocycles. The zero-order valence-corrected chi connectivity index (χ0v) is 14.1. The van der Waals surface area contributed by atoms with E-state index < -0.39 is 15.9 Å². The Morgan fingerprint density at radius 2 is 2.10 bits per heavy atom. The summed E-state index contributed by atoms with van der Waals surface area (Å²) in [5, 5.41) is 13.0. The first-order valence-corrected chi connectivity index (χ1v) is 9.56. The van der Waals surface area contributed by atoms with E-state index in [0.29, 0.717) is 18.7 Å². The average molecular weight is 378 g/mol. The molecule has 1 aliphatic heterocycles. The minimum Gasteiger partial charge on any atom is -0.491 e. The fourth-order valence-electron chi connectivity index (χ4n) is 2.27. The number of nitrogens with one attached hydrogen (secondary N) is 1. The van der Waals surface area contributed by atoms with Crippen LogP contribution in [0.4, 0.5) is 0 Å². The van der Waals surface area contributed by atoms with Gasteiger partial charge >= 0.3 is 0 Å². The number of hydrogen-bond acceptors (Lipinski definition) is 5. The van der Waals surface area contributed by atoms with Crippen molar-refractivity contribution in [2.75, 3.05) is 24.7 Å². The molecule has 0 radical (unpaired) electrons. The minimum atomic E-state index is -2.92. The highest BCUT2D eigenvalue weighted by molar-refractivity contribution is 9.10. The van der Waals surface area contributed by atoms with Gasteiger partial charge in [-0.2, -0.15) is 0 Å². The molecule has 0 bridgehead atoms. The number of halogens is 1. The molecule has 0 spiro atoms. The van der Waals surface area contributed by atoms with Crippen LogP contribution in [0.3, 0.4) is 0 Å². The predicted octanol–water partition coefficient (Wildman–Crippen LogP) is 1.36. The highest BCUT2D eigenvalue weighted by Gasteiger charge is 2.24. The molecule has 2 atom stereocenters. The molecule has 0 saturated carbocycles. The normalized spacial score (nSPS) is 22.7. The molecule has 1 aromatic carbocycles. The zero-order valence-electron chi connectivity index (χ0n) is 11.7. The van der Waals surface area contributed by atoms with E-state index in [2.05, 4.69) is 21.2 Å². The number of benzene rings is 1. The topological polar surface area (TPSA) is 75.6 Å². The summed E-state index contributed by atoms with van der Waals surface area (Å²) in [5.74, 6) is 1.13. The van der Waals surface area contributed by atoms with Gasteiger partial charge in [0.25, 0.3) is 0 Å². The minimum absolute atomic E-state index is 0.0638. The van der Waals surface area contributed by atoms with Crippen molar-refractivity contribution in [2.45, 2.75) is 25.0 Å². The summed E-state index contributed by atoms with van der Waals surface area (Å²) in [5.41, 5.74) is 0. The summed E-state index contributed by atoms with van der Waals surface area (Å²) in [6.45, 7) is 0.505. The Bertz CT molecular complexity index is 547. The number of ether oxygens (including phenoxy) is 1. The first-order chi connectivity index (χ1) is 9.94. The van der Waals surface area contributed by atoms with Crippen LogP contribution >= 0.6 is 15.9 Å². The second-order valence-corrected chi connectivity index (χ2v) is 8.42. The molecule has 1 fully saturated rings. The van der Waals surface area contributed by atoms with E-state index in [4.69, 9.17) is 4.74 Å². The molecule has 2 unspecified atom stereocenters. The van der Waals surface area contributed by atoms with E-state index >= 15 is 0 Å². The third-order valence-corrected chi connectivity index (χ3v) is 5.71. The Morgan fingerprint density at radius 1 is 1.38 bits per heavy atom. The van der Waals surface area contributed by atoms with Gasteiger partial charge in [0.15, 0.2) is 9.84 Å². The molecule has 1 heterocycles. The van der Waals surface area contributed by atoms with E-state index in [0.717, 1.165) is 10.9 Å². The summed E-state index contributed by atoms with van der Waals surface area (Å²) in [7, 11) is -2.92. The lowest BCUT2D eigenvalue weighted by molar-refractivity contribution is 0.104. The molecule has 1 saturated heterocycles. The Kier molecular flexibility index (Phi) is 6.04. The van der Waals surface area contributed by atoms with Gasteiger partial charge in [-0.05, 0) is 37.1 Å². The molecular weight excluding hydrogens is 358 g/mol. The van der Waals surface area contributed by atoms with Crippen molar-refractivity contribution in [2.24, 2.45) is 0 Å². The molecule has 21 heavy (non-hydrogen) atoms. The fraction of sp³-hybridized carbons (Fsp3) is 0.571. The van der Waals surface area contributed by atoms with Gasteiger partial charge in [0.1, 0.15) is 18.5 Å². The highest BCUT2D eigenvalue weighted by atomic mass is 79.9. The lowest BCUT2D eigenvalue weighted by Crippen LogP contribution is -2.44. The maximum absolute atomic E-state index is 11.5. The lowest BCUT2D eigenvalue weighted by Gasteiger charge is -2.24. The first-order valence-electron chi connectivity index (χ1n) is 6.95. The number of aliphatic hydroxyl groups is 1. The molecule has 1 aromatic rings. The summed E-state index contributed by atoms with van der Waals surface area (Å²) < 4.78 is 29.5. The van der Waals surface area contributed by atoms with Crippen molar-refractivity contribution in [3.05, 3.63) is 28.7 Å². The smallest absolute Gasteiger partial charge is 0.151 e. The van der Waals surface area contributed by atoms with Gasteiger partial charge in [0, 0.05) is 17.1 Å². The number of sulfone groups is 1. The van der Waals surface area contributed by atoms with Gasteiger partial charge in [-0.15, -0.1) is 0 Å². The van der Waals surface area contributed by atoms with E-state index in [-0.39, 0.29) is 24.2 Å². The maximum Gasteiger partial charge on any atom is 0.151 e. The Morgan fingerprint density at radius 3 is 2.76 bits per heavy atom. The van der Waals surface area contributed by atoms with Crippen LogP contribution < -0.4 is 10.1 Å². The van der Waals surface area contributed by atoms with Crippen LogP contribution in [0.1, 0.15) is 12.8 Å². The van der Waals surface area contributed by atoms with Crippen LogP contribution in [-0.2, 0) is 9.84 Å². The van der Waals surface area contributed by atoms with E-state index in [1.165, 1.54) is 0 Å². The van der Waals surface area contributed by atoms with E-state index in [1.807, 2.05) is 24.3 Å². The van der Waals surface area contributed by atoms with Crippen molar-refractivity contribution in [3.8, 4) is 5.75 Å². The monoisotopic (exact) mass is 377 g/mol. The lowest BCUT2D eigenvalue weighted by atomic mass is 10.2. The molecule has 0 amide bonds. The van der Waals surface area contributed by atoms with E-state index in [1.54, 1.807) is 0 Å². The number of rotatable bonds is 6. The third kappa shape index (κ3) is 5.94. The summed E-state index contributed by atoms with van der Waals surface area (Å²) in [6.07, 6.45) is 0.851. The Labute approximate surface area is 133 Å². The van der Waals surface area contributed by atoms with Gasteiger partial charge in [0.05, 0.1) is 11.5 Å². The van der Waals surface area contributed by atoms with Crippen molar-refractivity contribution in [1.82, 2.24) is 5.32 Å². The van der Waals surface area contributed by atoms with Crippen LogP contribution in [0.5, 0.6) is 5.75 Å². The molecule has 2 rings (SSSR count). The van der Waals surface area contributed by atoms with Crippen molar-refractivity contribution >= 4 is 25.8 Å². The number of hydrogen-bond donors (Lipinski definition) is 2. The summed E-state index contributed by atoms with van der Waals surface area (Å²) >= 11 is 3.34. The van der Waals surface area contributed by atoms with Gasteiger partial charge in [-0.25, -0.2) is 8.42 Å². The molecule has 118 valence electrons. The quantitative estimate of drug-likeness (QED) is 0.782. The maximum atomic E-state index is 11.5. The molecule has 0 aromatic heterocycles. The van der Waals surface area contributed by atoms with Crippen LogP contribution in [0.15, 0.2) is 28.7 Å². The fourth-order valence-corrected chi connectivity index (χ4v) is 4.20. The van der Waals surface area contributed by atoms with E-state index in [9.17, 15) is 13.5 Å². The zero-order chi connectivity index (χ0) is 15.3. The van der Waals surface area contributed by atoms with Crippen LogP contribution in [-0.4, -0.2) is 50.3 Å². The largest absolute Gasteiger partial charge is 0.491 e. The van der Waals surface area contributed by atoms with Crippen LogP contribution in [0.2, 0.25) is 0 Å².